The van der Waals surface area contributed by atoms with Crippen molar-refractivity contribution >= 4 is 11.9 Å². The Balaban J connectivity index is 1.39. The first-order valence-electron chi connectivity index (χ1n) is 14.8. The highest BCUT2D eigenvalue weighted by atomic mass is 16.6. The number of nitrogens with zero attached hydrogens (tertiary/aromatic N) is 1. The van der Waals surface area contributed by atoms with Gasteiger partial charge in [0, 0.05) is 18.5 Å². The Kier molecular flexibility index (Phi) is 8.11. The van der Waals surface area contributed by atoms with Gasteiger partial charge >= 0.3 is 6.09 Å². The van der Waals surface area contributed by atoms with Crippen LogP contribution >= 0.6 is 0 Å². The molecule has 2 aliphatic carbocycles. The molecule has 5 rings (SSSR count). The zero-order chi connectivity index (χ0) is 27.6. The second-order valence-electron chi connectivity index (χ2n) is 12.4. The third-order valence-corrected chi connectivity index (χ3v) is 9.29. The molecular weight excluding hydrogens is 482 g/mol. The van der Waals surface area contributed by atoms with Crippen molar-refractivity contribution in [3.63, 3.8) is 0 Å². The fraction of sp³-hybridized carbons (Fsp3) is 0.486. The van der Waals surface area contributed by atoms with Crippen molar-refractivity contribution < 1.29 is 14.3 Å². The summed E-state index contributed by atoms with van der Waals surface area (Å²) in [5, 5.41) is 0. The van der Waals surface area contributed by atoms with E-state index in [-0.39, 0.29) is 24.4 Å². The van der Waals surface area contributed by atoms with Gasteiger partial charge in [0.15, 0.2) is 0 Å². The Morgan fingerprint density at radius 3 is 2.36 bits per heavy atom. The molecule has 0 saturated heterocycles. The van der Waals surface area contributed by atoms with Gasteiger partial charge in [-0.05, 0) is 78.5 Å². The lowest BCUT2D eigenvalue weighted by Gasteiger charge is -2.42. The summed E-state index contributed by atoms with van der Waals surface area (Å²) < 4.78 is 6.07. The van der Waals surface area contributed by atoms with E-state index in [2.05, 4.69) is 69.3 Å². The molecule has 4 nitrogen and oxygen atoms in total. The summed E-state index contributed by atoms with van der Waals surface area (Å²) in [7, 11) is 0. The van der Waals surface area contributed by atoms with Crippen LogP contribution < -0.4 is 0 Å². The van der Waals surface area contributed by atoms with Gasteiger partial charge in [0.05, 0.1) is 5.54 Å². The first kappa shape index (κ1) is 27.4. The van der Waals surface area contributed by atoms with Gasteiger partial charge in [-0.1, -0.05) is 94.0 Å². The molecule has 0 aromatic heterocycles. The molecule has 0 unspecified atom stereocenters. The van der Waals surface area contributed by atoms with Gasteiger partial charge in [-0.2, -0.15) is 0 Å². The lowest BCUT2D eigenvalue weighted by Crippen LogP contribution is -2.50. The molecule has 206 valence electrons. The number of benzene rings is 2. The summed E-state index contributed by atoms with van der Waals surface area (Å²) in [6.07, 6.45) is 13.6. The van der Waals surface area contributed by atoms with E-state index in [0.717, 1.165) is 19.3 Å². The predicted octanol–water partition coefficient (Wildman–Crippen LogP) is 8.53. The standard InChI is InChI=1S/C35H43NO3/c1-24(2)28-16-15-25(3)21-27(28)17-19-35(22-26(4)37)18-9-10-20-36(35)34(38)39-23-33-31-13-7-5-11-29(31)30-12-6-8-14-32(30)33/h5-8,10-14,17,19-20,24-25,27-28,33H,9,15-16,18,21-23H2,1-4H3/b19-17+/t25-,27-,28+,35+/m1/s1. The number of hydrogen-bond acceptors (Lipinski definition) is 3. The predicted molar refractivity (Wildman–Crippen MR) is 157 cm³/mol. The Labute approximate surface area is 234 Å². The second kappa shape index (κ2) is 11.5. The quantitative estimate of drug-likeness (QED) is 0.340. The Bertz CT molecular complexity index is 1210. The Morgan fingerprint density at radius 1 is 1.05 bits per heavy atom. The SMILES string of the molecule is CC(=O)C[C@@]1(/C=C/[C@@H]2C[C@H](C)CC[C@H]2C(C)C)CCC=CN1C(=O)OCC1c2ccccc2-c2ccccc21. The summed E-state index contributed by atoms with van der Waals surface area (Å²) in [6.45, 7) is 8.88. The second-order valence-corrected chi connectivity index (χ2v) is 12.4. The molecule has 3 aliphatic rings. The fourth-order valence-electron chi connectivity index (χ4n) is 7.32. The van der Waals surface area contributed by atoms with Crippen LogP contribution in [0, 0.1) is 23.7 Å². The highest BCUT2D eigenvalue weighted by Gasteiger charge is 2.41. The summed E-state index contributed by atoms with van der Waals surface area (Å²) in [4.78, 5) is 28.0. The first-order valence-corrected chi connectivity index (χ1v) is 14.8. The van der Waals surface area contributed by atoms with E-state index < -0.39 is 5.54 Å². The molecule has 4 atom stereocenters. The molecule has 1 fully saturated rings. The van der Waals surface area contributed by atoms with Crippen LogP contribution in [0.25, 0.3) is 11.1 Å². The molecule has 4 heteroatoms. The van der Waals surface area contributed by atoms with E-state index in [9.17, 15) is 9.59 Å². The number of hydrogen-bond donors (Lipinski definition) is 0. The molecule has 2 aromatic carbocycles. The molecule has 1 aliphatic heterocycles. The average Bonchev–Trinajstić information content (AvgIpc) is 3.24. The van der Waals surface area contributed by atoms with Crippen LogP contribution in [-0.2, 0) is 9.53 Å². The van der Waals surface area contributed by atoms with E-state index in [4.69, 9.17) is 4.74 Å². The van der Waals surface area contributed by atoms with Crippen LogP contribution in [0.1, 0.15) is 83.3 Å². The molecule has 0 N–H and O–H groups in total. The van der Waals surface area contributed by atoms with Gasteiger partial charge < -0.3 is 4.74 Å². The number of amides is 1. The highest BCUT2D eigenvalue weighted by Crippen LogP contribution is 2.45. The third-order valence-electron chi connectivity index (χ3n) is 9.29. The molecule has 0 radical (unpaired) electrons. The summed E-state index contributed by atoms with van der Waals surface area (Å²) in [5.74, 6) is 2.50. The molecule has 0 spiro atoms. The molecule has 1 saturated carbocycles. The first-order chi connectivity index (χ1) is 18.8. The minimum atomic E-state index is -0.689. The van der Waals surface area contributed by atoms with Gasteiger partial charge in [0.2, 0.25) is 0 Å². The largest absolute Gasteiger partial charge is 0.448 e. The number of rotatable bonds is 7. The lowest BCUT2D eigenvalue weighted by atomic mass is 9.69. The van der Waals surface area contributed by atoms with E-state index in [1.54, 1.807) is 11.8 Å². The summed E-state index contributed by atoms with van der Waals surface area (Å²) in [6, 6.07) is 16.8. The van der Waals surface area contributed by atoms with Crippen molar-refractivity contribution in [3.05, 3.63) is 84.1 Å². The van der Waals surface area contributed by atoms with Crippen LogP contribution in [0.5, 0.6) is 0 Å². The van der Waals surface area contributed by atoms with Crippen molar-refractivity contribution in [2.24, 2.45) is 23.7 Å². The number of fused-ring (bicyclic) bond motifs is 3. The minimum absolute atomic E-state index is 0.00314. The van der Waals surface area contributed by atoms with Crippen LogP contribution in [0.2, 0.25) is 0 Å². The van der Waals surface area contributed by atoms with E-state index in [0.29, 0.717) is 30.1 Å². The van der Waals surface area contributed by atoms with Crippen molar-refractivity contribution in [1.82, 2.24) is 4.90 Å². The van der Waals surface area contributed by atoms with Gasteiger partial charge in [-0.3, -0.25) is 9.69 Å². The number of Topliss-reactive ketones (excluding diaryl/α,β-unsaturated/α-hetero) is 1. The van der Waals surface area contributed by atoms with E-state index in [1.165, 1.54) is 35.1 Å². The van der Waals surface area contributed by atoms with Crippen LogP contribution in [-0.4, -0.2) is 28.9 Å². The van der Waals surface area contributed by atoms with Gasteiger partial charge in [0.25, 0.3) is 0 Å². The van der Waals surface area contributed by atoms with Crippen LogP contribution in [0.4, 0.5) is 4.79 Å². The van der Waals surface area contributed by atoms with Gasteiger partial charge in [0.1, 0.15) is 12.4 Å². The van der Waals surface area contributed by atoms with Crippen molar-refractivity contribution in [2.75, 3.05) is 6.61 Å². The van der Waals surface area contributed by atoms with Crippen LogP contribution in [0.15, 0.2) is 73.0 Å². The summed E-state index contributed by atoms with van der Waals surface area (Å²) >= 11 is 0. The van der Waals surface area contributed by atoms with Crippen molar-refractivity contribution in [3.8, 4) is 11.1 Å². The summed E-state index contributed by atoms with van der Waals surface area (Å²) in [5.41, 5.74) is 4.12. The van der Waals surface area contributed by atoms with E-state index >= 15 is 0 Å². The smallest absolute Gasteiger partial charge is 0.414 e. The fourth-order valence-corrected chi connectivity index (χ4v) is 7.32. The topological polar surface area (TPSA) is 46.6 Å². The van der Waals surface area contributed by atoms with Gasteiger partial charge in [-0.25, -0.2) is 4.79 Å². The minimum Gasteiger partial charge on any atom is -0.448 e. The number of carbonyl (C=O) groups is 2. The molecular formula is C35H43NO3. The normalized spacial score (nSPS) is 26.6. The maximum absolute atomic E-state index is 13.8. The van der Waals surface area contributed by atoms with E-state index in [1.807, 2.05) is 24.4 Å². The number of ketones is 1. The average molecular weight is 526 g/mol. The molecule has 2 aromatic rings. The van der Waals surface area contributed by atoms with Crippen molar-refractivity contribution in [2.45, 2.75) is 77.7 Å². The highest BCUT2D eigenvalue weighted by molar-refractivity contribution is 5.80. The zero-order valence-electron chi connectivity index (χ0n) is 23.9. The molecule has 1 amide bonds. The maximum Gasteiger partial charge on any atom is 0.414 e. The maximum atomic E-state index is 13.8. The monoisotopic (exact) mass is 525 g/mol. The number of allylic oxidation sites excluding steroid dienone is 2. The van der Waals surface area contributed by atoms with Gasteiger partial charge in [-0.15, -0.1) is 0 Å². The Morgan fingerprint density at radius 2 is 1.72 bits per heavy atom. The number of ether oxygens (including phenoxy) is 1. The lowest BCUT2D eigenvalue weighted by molar-refractivity contribution is -0.118. The number of carbonyl (C=O) groups excluding carboxylic acids is 2. The third kappa shape index (κ3) is 5.62. The van der Waals surface area contributed by atoms with Crippen LogP contribution in [0.3, 0.4) is 0 Å². The molecule has 1 heterocycles. The Hall–Kier alpha value is -3.14. The molecule has 0 bridgehead atoms. The van der Waals surface area contributed by atoms with Crippen molar-refractivity contribution in [1.29, 1.82) is 0 Å². The zero-order valence-corrected chi connectivity index (χ0v) is 23.9. The molecule has 39 heavy (non-hydrogen) atoms.